The van der Waals surface area contributed by atoms with Gasteiger partial charge in [0.1, 0.15) is 0 Å². The number of thiophene rings is 1. The fourth-order valence-corrected chi connectivity index (χ4v) is 4.21. The molecule has 1 heterocycles. The van der Waals surface area contributed by atoms with Crippen LogP contribution in [0, 0.1) is 6.92 Å². The van der Waals surface area contributed by atoms with Crippen molar-refractivity contribution >= 4 is 21.4 Å². The summed E-state index contributed by atoms with van der Waals surface area (Å²) in [6, 6.07) is 4.64. The second kappa shape index (κ2) is 6.35. The van der Waals surface area contributed by atoms with E-state index in [4.69, 9.17) is 0 Å². The van der Waals surface area contributed by atoms with Crippen LogP contribution >= 0.6 is 11.3 Å². The summed E-state index contributed by atoms with van der Waals surface area (Å²) in [5, 5.41) is 3.22. The summed E-state index contributed by atoms with van der Waals surface area (Å²) in [4.78, 5) is 2.49. The Balaban J connectivity index is 1.74. The van der Waals surface area contributed by atoms with E-state index in [-0.39, 0.29) is 11.8 Å². The molecule has 1 aromatic heterocycles. The maximum absolute atomic E-state index is 11.9. The molecule has 2 rings (SSSR count). The van der Waals surface area contributed by atoms with Crippen LogP contribution in [0.1, 0.15) is 29.5 Å². The first-order valence-electron chi connectivity index (χ1n) is 6.73. The van der Waals surface area contributed by atoms with Crippen LogP contribution in [0.3, 0.4) is 0 Å². The van der Waals surface area contributed by atoms with E-state index in [1.54, 1.807) is 11.3 Å². The minimum atomic E-state index is -3.17. The zero-order chi connectivity index (χ0) is 13.9. The highest BCUT2D eigenvalue weighted by Crippen LogP contribution is 2.18. The number of aryl methyl sites for hydroxylation is 1. The molecule has 108 valence electrons. The highest BCUT2D eigenvalue weighted by Gasteiger charge is 2.21. The maximum atomic E-state index is 11.9. The zero-order valence-corrected chi connectivity index (χ0v) is 13.1. The average Bonchev–Trinajstić information content (AvgIpc) is 3.01. The molecule has 4 nitrogen and oxygen atoms in total. The van der Waals surface area contributed by atoms with Crippen LogP contribution < -0.4 is 10.0 Å². The zero-order valence-electron chi connectivity index (χ0n) is 11.5. The quantitative estimate of drug-likeness (QED) is 0.768. The fraction of sp³-hybridized carbons (Fsp3) is 0.692. The number of hydrogen-bond donors (Lipinski definition) is 2. The molecule has 6 heteroatoms. The first-order valence-corrected chi connectivity index (χ1v) is 9.20. The highest BCUT2D eigenvalue weighted by atomic mass is 32.2. The van der Waals surface area contributed by atoms with E-state index in [9.17, 15) is 8.42 Å². The number of sulfonamides is 1. The Bertz CT molecular complexity index is 506. The van der Waals surface area contributed by atoms with Gasteiger partial charge in [-0.1, -0.05) is 0 Å². The van der Waals surface area contributed by atoms with Crippen LogP contribution in [0.5, 0.6) is 0 Å². The molecule has 1 saturated carbocycles. The third kappa shape index (κ3) is 5.60. The van der Waals surface area contributed by atoms with Crippen LogP contribution in [0.4, 0.5) is 0 Å². The van der Waals surface area contributed by atoms with Gasteiger partial charge in [0.25, 0.3) is 0 Å². The Morgan fingerprint density at radius 3 is 2.74 bits per heavy atom. The largest absolute Gasteiger partial charge is 0.313 e. The molecule has 1 atom stereocenters. The Morgan fingerprint density at radius 1 is 1.42 bits per heavy atom. The molecule has 0 amide bonds. The summed E-state index contributed by atoms with van der Waals surface area (Å²) in [5.74, 6) is 0.164. The molecule has 19 heavy (non-hydrogen) atoms. The normalized spacial score (nSPS) is 17.6. The summed E-state index contributed by atoms with van der Waals surface area (Å²) in [5.41, 5.74) is 0. The van der Waals surface area contributed by atoms with Crippen molar-refractivity contribution in [2.24, 2.45) is 0 Å². The average molecular weight is 302 g/mol. The molecule has 2 N–H and O–H groups in total. The Morgan fingerprint density at radius 2 is 2.16 bits per heavy atom. The van der Waals surface area contributed by atoms with Gasteiger partial charge in [0.2, 0.25) is 10.0 Å². The predicted molar refractivity (Wildman–Crippen MR) is 80.2 cm³/mol. The number of hydrogen-bond acceptors (Lipinski definition) is 4. The van der Waals surface area contributed by atoms with Crippen LogP contribution in [0.15, 0.2) is 12.1 Å². The summed E-state index contributed by atoms with van der Waals surface area (Å²) in [7, 11) is -3.17. The maximum Gasteiger partial charge on any atom is 0.213 e. The first-order chi connectivity index (χ1) is 8.94. The van der Waals surface area contributed by atoms with E-state index >= 15 is 0 Å². The second-order valence-corrected chi connectivity index (χ2v) is 8.53. The summed E-state index contributed by atoms with van der Waals surface area (Å²) < 4.78 is 26.5. The molecule has 0 radical (unpaired) electrons. The lowest BCUT2D eigenvalue weighted by molar-refractivity contribution is 0.556. The molecule has 0 bridgehead atoms. The van der Waals surface area contributed by atoms with Gasteiger partial charge in [0.05, 0.1) is 5.75 Å². The van der Waals surface area contributed by atoms with Gasteiger partial charge in [-0.3, -0.25) is 0 Å². The molecule has 0 spiro atoms. The third-order valence-corrected chi connectivity index (χ3v) is 5.59. The fourth-order valence-electron chi connectivity index (χ4n) is 1.99. The predicted octanol–water partition coefficient (Wildman–Crippen LogP) is 1.66. The summed E-state index contributed by atoms with van der Waals surface area (Å²) in [6.45, 7) is 4.53. The molecule has 1 unspecified atom stereocenters. The molecule has 0 saturated heterocycles. The molecule has 1 aliphatic rings. The number of nitrogens with one attached hydrogen (secondary N) is 2. The Kier molecular flexibility index (Phi) is 5.00. The van der Waals surface area contributed by atoms with Crippen molar-refractivity contribution in [1.29, 1.82) is 0 Å². The van der Waals surface area contributed by atoms with Gasteiger partial charge in [0, 0.05) is 28.4 Å². The van der Waals surface area contributed by atoms with Crippen molar-refractivity contribution in [3.63, 3.8) is 0 Å². The van der Waals surface area contributed by atoms with Crippen LogP contribution in [0.25, 0.3) is 0 Å². The van der Waals surface area contributed by atoms with E-state index in [1.807, 2.05) is 6.92 Å². The van der Waals surface area contributed by atoms with Gasteiger partial charge < -0.3 is 5.32 Å². The standard InChI is InChI=1S/C13H22N2O2S2/c1-10(9-13-6-3-11(2)18-13)15-19(16,17)8-7-14-12-4-5-12/h3,6,10,12,14-15H,4-5,7-9H2,1-2H3. The van der Waals surface area contributed by atoms with E-state index in [2.05, 4.69) is 29.1 Å². The van der Waals surface area contributed by atoms with Crippen molar-refractivity contribution in [3.8, 4) is 0 Å². The van der Waals surface area contributed by atoms with Crippen LogP contribution in [0.2, 0.25) is 0 Å². The minimum Gasteiger partial charge on any atom is -0.313 e. The lowest BCUT2D eigenvalue weighted by atomic mass is 10.2. The van der Waals surface area contributed by atoms with Crippen molar-refractivity contribution in [2.75, 3.05) is 12.3 Å². The summed E-state index contributed by atoms with van der Waals surface area (Å²) in [6.07, 6.45) is 3.12. The monoisotopic (exact) mass is 302 g/mol. The van der Waals surface area contributed by atoms with E-state index in [1.165, 1.54) is 22.6 Å². The van der Waals surface area contributed by atoms with Gasteiger partial charge in [-0.25, -0.2) is 13.1 Å². The SMILES string of the molecule is Cc1ccc(CC(C)NS(=O)(=O)CCNC2CC2)s1. The third-order valence-electron chi connectivity index (χ3n) is 3.07. The van der Waals surface area contributed by atoms with Crippen molar-refractivity contribution in [3.05, 3.63) is 21.9 Å². The van der Waals surface area contributed by atoms with Crippen molar-refractivity contribution in [1.82, 2.24) is 10.0 Å². The second-order valence-electron chi connectivity index (χ2n) is 5.28. The van der Waals surface area contributed by atoms with Crippen molar-refractivity contribution in [2.45, 2.75) is 45.2 Å². The lowest BCUT2D eigenvalue weighted by Crippen LogP contribution is -2.38. The Hall–Kier alpha value is -0.430. The van der Waals surface area contributed by atoms with Gasteiger partial charge in [0.15, 0.2) is 0 Å². The lowest BCUT2D eigenvalue weighted by Gasteiger charge is -2.13. The van der Waals surface area contributed by atoms with Crippen LogP contribution in [-0.4, -0.2) is 32.8 Å². The molecular formula is C13H22N2O2S2. The van der Waals surface area contributed by atoms with Crippen molar-refractivity contribution < 1.29 is 8.42 Å². The van der Waals surface area contributed by atoms with Gasteiger partial charge in [-0.05, 0) is 45.2 Å². The van der Waals surface area contributed by atoms with Crippen LogP contribution in [-0.2, 0) is 16.4 Å². The van der Waals surface area contributed by atoms with Gasteiger partial charge >= 0.3 is 0 Å². The molecule has 0 aliphatic heterocycles. The molecular weight excluding hydrogens is 280 g/mol. The smallest absolute Gasteiger partial charge is 0.213 e. The molecule has 0 aromatic carbocycles. The van der Waals surface area contributed by atoms with Gasteiger partial charge in [-0.2, -0.15) is 0 Å². The first kappa shape index (κ1) is 15.0. The highest BCUT2D eigenvalue weighted by molar-refractivity contribution is 7.89. The number of rotatable bonds is 8. The minimum absolute atomic E-state index is 0.0519. The molecule has 1 aromatic rings. The topological polar surface area (TPSA) is 58.2 Å². The molecule has 1 fully saturated rings. The van der Waals surface area contributed by atoms with E-state index < -0.39 is 10.0 Å². The Labute approximate surface area is 119 Å². The van der Waals surface area contributed by atoms with Gasteiger partial charge in [-0.15, -0.1) is 11.3 Å². The summed E-state index contributed by atoms with van der Waals surface area (Å²) >= 11 is 1.72. The van der Waals surface area contributed by atoms with E-state index in [0.29, 0.717) is 12.6 Å². The van der Waals surface area contributed by atoms with E-state index in [0.717, 1.165) is 6.42 Å². The molecule has 1 aliphatic carbocycles.